The fourth-order valence-electron chi connectivity index (χ4n) is 4.41. The summed E-state index contributed by atoms with van der Waals surface area (Å²) in [6.45, 7) is 20.4. The summed E-state index contributed by atoms with van der Waals surface area (Å²) in [4.78, 5) is 13.8. The molecule has 0 bridgehead atoms. The van der Waals surface area contributed by atoms with Gasteiger partial charge in [-0.25, -0.2) is 0 Å². The quantitative estimate of drug-likeness (QED) is 0.401. The van der Waals surface area contributed by atoms with E-state index >= 15 is 0 Å². The Bertz CT molecular complexity index is 429. The average Bonchev–Trinajstić information content (AvgIpc) is 2.72. The number of hydrogen-bond donors (Lipinski definition) is 0. The monoisotopic (exact) mass is 299 g/mol. The number of carbonyl (C=O) groups excluding carboxylic acids is 1. The predicted octanol–water partition coefficient (Wildman–Crippen LogP) is 4.68. The van der Waals surface area contributed by atoms with Gasteiger partial charge in [-0.1, -0.05) is 30.4 Å². The number of allylic oxidation sites excluding steroid dienone is 3. The van der Waals surface area contributed by atoms with Gasteiger partial charge in [-0.3, -0.25) is 4.79 Å². The normalized spacial score (nSPS) is 21.8. The van der Waals surface area contributed by atoms with E-state index in [-0.39, 0.29) is 11.0 Å². The van der Waals surface area contributed by atoms with E-state index in [1.54, 1.807) is 0 Å². The second-order valence-electron chi connectivity index (χ2n) is 6.14. The maximum atomic E-state index is 11.8. The van der Waals surface area contributed by atoms with Crippen molar-refractivity contribution < 1.29 is 4.79 Å². The van der Waals surface area contributed by atoms with E-state index in [1.165, 1.54) is 0 Å². The van der Waals surface area contributed by atoms with Gasteiger partial charge in [0.1, 0.15) is 0 Å². The van der Waals surface area contributed by atoms with Gasteiger partial charge in [0.05, 0.1) is 5.54 Å². The van der Waals surface area contributed by atoms with Crippen molar-refractivity contribution in [2.75, 3.05) is 6.54 Å². The molecule has 1 amide bonds. The summed E-state index contributed by atoms with van der Waals surface area (Å²) in [7, 11) is 0. The first kappa shape index (κ1) is 18.2. The van der Waals surface area contributed by atoms with Crippen LogP contribution in [0.4, 0.5) is 0 Å². The summed E-state index contributed by atoms with van der Waals surface area (Å²) in [6, 6.07) is 0. The molecule has 0 aromatic rings. The maximum absolute atomic E-state index is 11.8. The molecule has 1 rings (SSSR count). The first-order chi connectivity index (χ1) is 10.6. The molecule has 1 aliphatic rings. The zero-order valence-corrected chi connectivity index (χ0v) is 13.7. The van der Waals surface area contributed by atoms with Gasteiger partial charge >= 0.3 is 0 Å². The molecule has 0 spiro atoms. The molecule has 1 fully saturated rings. The molecule has 0 N–H and O–H groups in total. The highest BCUT2D eigenvalue weighted by Gasteiger charge is 2.60. The number of amides is 1. The topological polar surface area (TPSA) is 20.3 Å². The Hall–Kier alpha value is -1.83. The Morgan fingerprint density at radius 1 is 0.864 bits per heavy atom. The van der Waals surface area contributed by atoms with Crippen LogP contribution in [0.5, 0.6) is 0 Å². The minimum atomic E-state index is -0.311. The van der Waals surface area contributed by atoms with Crippen molar-refractivity contribution in [1.82, 2.24) is 4.90 Å². The van der Waals surface area contributed by atoms with Crippen LogP contribution in [-0.2, 0) is 4.79 Å². The van der Waals surface area contributed by atoms with Crippen LogP contribution in [0.1, 0.15) is 32.1 Å². The molecular formula is C20H29NO. The van der Waals surface area contributed by atoms with Crippen molar-refractivity contribution >= 4 is 6.41 Å². The smallest absolute Gasteiger partial charge is 0.210 e. The predicted molar refractivity (Wildman–Crippen MR) is 95.5 cm³/mol. The van der Waals surface area contributed by atoms with E-state index in [9.17, 15) is 4.79 Å². The minimum absolute atomic E-state index is 0.103. The zero-order valence-electron chi connectivity index (χ0n) is 13.7. The number of carbonyl (C=O) groups is 1. The van der Waals surface area contributed by atoms with Crippen molar-refractivity contribution in [2.45, 2.75) is 37.6 Å². The molecule has 1 unspecified atom stereocenters. The minimum Gasteiger partial charge on any atom is -0.338 e. The molecule has 22 heavy (non-hydrogen) atoms. The van der Waals surface area contributed by atoms with Crippen LogP contribution in [-0.4, -0.2) is 23.4 Å². The Labute approximate surface area is 135 Å². The van der Waals surface area contributed by atoms with Gasteiger partial charge < -0.3 is 4.90 Å². The standard InChI is InChI=1S/C20H29NO/c1-6-11-18-16-21(17-22)20(14-9-4,15-10-5)19(18,12-7-2)13-8-3/h6-10,17-18H,1-5,11-16H2. The molecule has 0 aliphatic carbocycles. The second-order valence-corrected chi connectivity index (χ2v) is 6.14. The third-order valence-corrected chi connectivity index (χ3v) is 5.23. The zero-order chi connectivity index (χ0) is 16.6. The van der Waals surface area contributed by atoms with E-state index in [0.29, 0.717) is 5.92 Å². The fourth-order valence-corrected chi connectivity index (χ4v) is 4.41. The largest absolute Gasteiger partial charge is 0.338 e. The lowest BCUT2D eigenvalue weighted by Crippen LogP contribution is -2.53. The number of likely N-dealkylation sites (tertiary alicyclic amines) is 1. The highest BCUT2D eigenvalue weighted by Crippen LogP contribution is 2.58. The molecule has 1 heterocycles. The Morgan fingerprint density at radius 3 is 1.73 bits per heavy atom. The van der Waals surface area contributed by atoms with Crippen LogP contribution in [0.15, 0.2) is 63.3 Å². The first-order valence-corrected chi connectivity index (χ1v) is 7.89. The van der Waals surface area contributed by atoms with Crippen LogP contribution in [0.2, 0.25) is 0 Å². The molecule has 0 aromatic carbocycles. The Balaban J connectivity index is 3.56. The van der Waals surface area contributed by atoms with Crippen LogP contribution in [0.3, 0.4) is 0 Å². The third kappa shape index (κ3) is 2.75. The molecular weight excluding hydrogens is 270 g/mol. The van der Waals surface area contributed by atoms with Gasteiger partial charge in [-0.15, -0.1) is 32.9 Å². The van der Waals surface area contributed by atoms with E-state index < -0.39 is 0 Å². The Morgan fingerprint density at radius 2 is 1.36 bits per heavy atom. The van der Waals surface area contributed by atoms with Gasteiger partial charge in [0, 0.05) is 12.0 Å². The first-order valence-electron chi connectivity index (χ1n) is 7.89. The van der Waals surface area contributed by atoms with Gasteiger partial charge in [-0.05, 0) is 38.0 Å². The van der Waals surface area contributed by atoms with Crippen molar-refractivity contribution in [1.29, 1.82) is 0 Å². The van der Waals surface area contributed by atoms with Gasteiger partial charge in [-0.2, -0.15) is 0 Å². The summed E-state index contributed by atoms with van der Waals surface area (Å²) < 4.78 is 0. The fraction of sp³-hybridized carbons (Fsp3) is 0.450. The number of hydrogen-bond acceptors (Lipinski definition) is 1. The second kappa shape index (κ2) is 7.98. The molecule has 0 saturated carbocycles. The van der Waals surface area contributed by atoms with Crippen LogP contribution in [0.25, 0.3) is 0 Å². The van der Waals surface area contributed by atoms with Crippen LogP contribution >= 0.6 is 0 Å². The van der Waals surface area contributed by atoms with Gasteiger partial charge in [0.15, 0.2) is 0 Å². The summed E-state index contributed by atoms with van der Waals surface area (Å²) in [5.74, 6) is 0.339. The van der Waals surface area contributed by atoms with E-state index in [4.69, 9.17) is 0 Å². The molecule has 2 heteroatoms. The average molecular weight is 299 g/mol. The number of rotatable bonds is 11. The molecule has 0 aromatic heterocycles. The van der Waals surface area contributed by atoms with E-state index in [0.717, 1.165) is 45.1 Å². The lowest BCUT2D eigenvalue weighted by molar-refractivity contribution is -0.124. The Kier molecular flexibility index (Phi) is 6.61. The number of nitrogens with zero attached hydrogens (tertiary/aromatic N) is 1. The highest BCUT2D eigenvalue weighted by molar-refractivity contribution is 5.52. The van der Waals surface area contributed by atoms with Gasteiger partial charge in [0.2, 0.25) is 6.41 Å². The molecule has 120 valence electrons. The van der Waals surface area contributed by atoms with Crippen molar-refractivity contribution in [2.24, 2.45) is 11.3 Å². The third-order valence-electron chi connectivity index (χ3n) is 5.23. The van der Waals surface area contributed by atoms with Crippen molar-refractivity contribution in [3.63, 3.8) is 0 Å². The summed E-state index contributed by atoms with van der Waals surface area (Å²) in [6.07, 6.45) is 14.7. The molecule has 1 saturated heterocycles. The summed E-state index contributed by atoms with van der Waals surface area (Å²) >= 11 is 0. The van der Waals surface area contributed by atoms with Crippen LogP contribution in [0, 0.1) is 11.3 Å². The van der Waals surface area contributed by atoms with Crippen molar-refractivity contribution in [3.8, 4) is 0 Å². The molecule has 1 aliphatic heterocycles. The molecule has 1 atom stereocenters. The summed E-state index contributed by atoms with van der Waals surface area (Å²) in [5.41, 5.74) is -0.414. The highest BCUT2D eigenvalue weighted by atomic mass is 16.1. The van der Waals surface area contributed by atoms with E-state index in [1.807, 2.05) is 35.3 Å². The maximum Gasteiger partial charge on any atom is 0.210 e. The summed E-state index contributed by atoms with van der Waals surface area (Å²) in [5, 5.41) is 0. The molecule has 0 radical (unpaired) electrons. The lowest BCUT2D eigenvalue weighted by Gasteiger charge is -2.49. The van der Waals surface area contributed by atoms with E-state index in [2.05, 4.69) is 32.9 Å². The van der Waals surface area contributed by atoms with Gasteiger partial charge in [0.25, 0.3) is 0 Å². The van der Waals surface area contributed by atoms with Crippen LogP contribution < -0.4 is 0 Å². The lowest BCUT2D eigenvalue weighted by atomic mass is 9.58. The molecule has 2 nitrogen and oxygen atoms in total. The SMILES string of the molecule is C=CCC1CN(C=O)C(CC=C)(CC=C)C1(CC=C)CC=C. The van der Waals surface area contributed by atoms with Crippen molar-refractivity contribution in [3.05, 3.63) is 63.3 Å².